The Bertz CT molecular complexity index is 780. The van der Waals surface area contributed by atoms with Crippen LogP contribution in [-0.2, 0) is 19.1 Å². The second kappa shape index (κ2) is 9.17. The number of ether oxygens (including phenoxy) is 1. The minimum absolute atomic E-state index is 0.0260. The first-order chi connectivity index (χ1) is 15.7. The van der Waals surface area contributed by atoms with Crippen molar-refractivity contribution in [3.63, 3.8) is 0 Å². The number of aliphatic hydroxyl groups is 1. The quantitative estimate of drug-likeness (QED) is 0.508. The van der Waals surface area contributed by atoms with E-state index < -0.39 is 35.1 Å². The Morgan fingerprint density at radius 2 is 1.91 bits per heavy atom. The van der Waals surface area contributed by atoms with Crippen LogP contribution in [0.3, 0.4) is 0 Å². The van der Waals surface area contributed by atoms with Crippen LogP contribution in [0.2, 0.25) is 0 Å². The summed E-state index contributed by atoms with van der Waals surface area (Å²) in [6.07, 6.45) is 7.13. The molecular formula is C25H41N3O5. The molecule has 4 rings (SSSR count). The molecule has 0 radical (unpaired) electrons. The maximum absolute atomic E-state index is 14.0. The molecular weight excluding hydrogens is 422 g/mol. The summed E-state index contributed by atoms with van der Waals surface area (Å²) in [6.45, 7) is 8.19. The van der Waals surface area contributed by atoms with Crippen LogP contribution in [0.15, 0.2) is 0 Å². The number of hydrogen-bond acceptors (Lipinski definition) is 5. The van der Waals surface area contributed by atoms with E-state index in [1.807, 2.05) is 20.8 Å². The van der Waals surface area contributed by atoms with E-state index in [1.54, 1.807) is 4.90 Å². The molecule has 33 heavy (non-hydrogen) atoms. The first-order valence-corrected chi connectivity index (χ1v) is 13.0. The molecule has 3 N–H and O–H groups in total. The normalized spacial score (nSPS) is 38.9. The van der Waals surface area contributed by atoms with Crippen molar-refractivity contribution in [2.45, 2.75) is 108 Å². The number of fused-ring (bicyclic) bond motifs is 1. The Morgan fingerprint density at radius 3 is 2.52 bits per heavy atom. The van der Waals surface area contributed by atoms with Gasteiger partial charge in [-0.25, -0.2) is 0 Å². The predicted octanol–water partition coefficient (Wildman–Crippen LogP) is 1.74. The highest BCUT2D eigenvalue weighted by atomic mass is 16.5. The molecule has 186 valence electrons. The third kappa shape index (κ3) is 3.68. The van der Waals surface area contributed by atoms with Crippen LogP contribution < -0.4 is 10.6 Å². The van der Waals surface area contributed by atoms with Crippen molar-refractivity contribution in [3.05, 3.63) is 0 Å². The molecule has 3 aliphatic heterocycles. The molecule has 0 aromatic rings. The Kier molecular flexibility index (Phi) is 6.80. The van der Waals surface area contributed by atoms with Crippen LogP contribution >= 0.6 is 0 Å². The van der Waals surface area contributed by atoms with Gasteiger partial charge in [-0.3, -0.25) is 14.4 Å². The van der Waals surface area contributed by atoms with Gasteiger partial charge < -0.3 is 25.4 Å². The van der Waals surface area contributed by atoms with Gasteiger partial charge in [0.25, 0.3) is 0 Å². The monoisotopic (exact) mass is 463 g/mol. The average molecular weight is 464 g/mol. The maximum Gasteiger partial charge on any atom is 0.246 e. The predicted molar refractivity (Wildman–Crippen MR) is 123 cm³/mol. The molecule has 3 amide bonds. The highest BCUT2D eigenvalue weighted by Crippen LogP contribution is 2.65. The van der Waals surface area contributed by atoms with E-state index >= 15 is 0 Å². The lowest BCUT2D eigenvalue weighted by Gasteiger charge is -2.37. The van der Waals surface area contributed by atoms with Gasteiger partial charge in [-0.05, 0) is 44.9 Å². The summed E-state index contributed by atoms with van der Waals surface area (Å²) >= 11 is 0. The van der Waals surface area contributed by atoms with E-state index in [1.165, 1.54) is 6.42 Å². The van der Waals surface area contributed by atoms with Crippen LogP contribution in [0.4, 0.5) is 0 Å². The molecule has 8 heteroatoms. The fourth-order valence-corrected chi connectivity index (χ4v) is 7.07. The van der Waals surface area contributed by atoms with Crippen LogP contribution in [0.5, 0.6) is 0 Å². The number of nitrogens with zero attached hydrogens (tertiary/aromatic N) is 1. The molecule has 0 aromatic carbocycles. The van der Waals surface area contributed by atoms with Gasteiger partial charge in [0.1, 0.15) is 11.6 Å². The van der Waals surface area contributed by atoms with Crippen LogP contribution in [-0.4, -0.2) is 70.2 Å². The molecule has 7 atom stereocenters. The Hall–Kier alpha value is -1.67. The zero-order valence-electron chi connectivity index (χ0n) is 20.6. The Labute approximate surface area is 197 Å². The molecule has 1 aliphatic carbocycles. The Morgan fingerprint density at radius 1 is 1.21 bits per heavy atom. The highest BCUT2D eigenvalue weighted by molar-refractivity contribution is 5.99. The second-order valence-electron chi connectivity index (χ2n) is 10.8. The third-order valence-corrected chi connectivity index (χ3v) is 8.86. The number of hydrogen-bond donors (Lipinski definition) is 3. The summed E-state index contributed by atoms with van der Waals surface area (Å²) in [7, 11) is 0. The largest absolute Gasteiger partial charge is 0.394 e. The summed E-state index contributed by atoms with van der Waals surface area (Å²) in [6, 6.07) is -1.21. The van der Waals surface area contributed by atoms with Crippen molar-refractivity contribution >= 4 is 17.7 Å². The second-order valence-corrected chi connectivity index (χ2v) is 10.8. The van der Waals surface area contributed by atoms with Gasteiger partial charge >= 0.3 is 0 Å². The molecule has 3 heterocycles. The number of carbonyl (C=O) groups is 3. The van der Waals surface area contributed by atoms with E-state index in [0.29, 0.717) is 19.4 Å². The summed E-state index contributed by atoms with van der Waals surface area (Å²) < 4.78 is 6.69. The molecule has 8 nitrogen and oxygen atoms in total. The Balaban J connectivity index is 1.73. The lowest BCUT2D eigenvalue weighted by atomic mass is 9.62. The zero-order chi connectivity index (χ0) is 24.0. The third-order valence-electron chi connectivity index (χ3n) is 8.86. The van der Waals surface area contributed by atoms with Gasteiger partial charge in [-0.2, -0.15) is 0 Å². The van der Waals surface area contributed by atoms with Crippen molar-refractivity contribution in [1.29, 1.82) is 0 Å². The smallest absolute Gasteiger partial charge is 0.246 e. The first-order valence-electron chi connectivity index (χ1n) is 13.0. The van der Waals surface area contributed by atoms with Crippen LogP contribution in [0, 0.1) is 17.8 Å². The summed E-state index contributed by atoms with van der Waals surface area (Å²) in [4.78, 5) is 42.7. The van der Waals surface area contributed by atoms with Gasteiger partial charge in [0.2, 0.25) is 17.7 Å². The van der Waals surface area contributed by atoms with E-state index in [-0.39, 0.29) is 36.3 Å². The standard InChI is InChI=1S/C25H41N3O5/c1-5-12-26-21(30)18-19-23(32)28(17(6-2)14-29)20(22(31)27-16-10-8-7-9-11-16)25(19)13-15(3)24(18,4)33-25/h15-20,29H,5-14H2,1-4H3,(H,26,30)(H,27,31)/t15?,17-,18-,19-,20?,24+,25?/m0/s1. The molecule has 1 spiro atoms. The number of carbonyl (C=O) groups excluding carboxylic acids is 3. The van der Waals surface area contributed by atoms with Gasteiger partial charge in [0.05, 0.1) is 30.1 Å². The molecule has 2 bridgehead atoms. The molecule has 1 saturated carbocycles. The average Bonchev–Trinajstić information content (AvgIpc) is 3.31. The van der Waals surface area contributed by atoms with Crippen LogP contribution in [0.25, 0.3) is 0 Å². The molecule has 4 fully saturated rings. The number of aliphatic hydroxyl groups excluding tert-OH is 1. The first kappa shape index (κ1) is 24.5. The number of amides is 3. The summed E-state index contributed by atoms with van der Waals surface area (Å²) in [5.41, 5.74) is -1.84. The van der Waals surface area contributed by atoms with Gasteiger partial charge in [0, 0.05) is 12.6 Å². The van der Waals surface area contributed by atoms with Crippen molar-refractivity contribution in [2.24, 2.45) is 17.8 Å². The van der Waals surface area contributed by atoms with E-state index in [0.717, 1.165) is 32.1 Å². The van der Waals surface area contributed by atoms with Crippen LogP contribution in [0.1, 0.15) is 79.1 Å². The number of rotatable bonds is 8. The number of likely N-dealkylation sites (tertiary alicyclic amines) is 1. The minimum Gasteiger partial charge on any atom is -0.394 e. The van der Waals surface area contributed by atoms with E-state index in [4.69, 9.17) is 4.74 Å². The van der Waals surface area contributed by atoms with Gasteiger partial charge in [-0.1, -0.05) is 40.0 Å². The van der Waals surface area contributed by atoms with E-state index in [2.05, 4.69) is 17.6 Å². The van der Waals surface area contributed by atoms with E-state index in [9.17, 15) is 19.5 Å². The van der Waals surface area contributed by atoms with Crippen molar-refractivity contribution < 1.29 is 24.2 Å². The molecule has 3 saturated heterocycles. The highest BCUT2D eigenvalue weighted by Gasteiger charge is 2.80. The lowest BCUT2D eigenvalue weighted by molar-refractivity contribution is -0.151. The SMILES string of the molecule is CCCNC(=O)[C@@H]1[C@H]2C(=O)N([C@@H](CC)CO)C(C(=O)NC3CCCCC3)C23CC(C)[C@@]1(C)O3. The minimum atomic E-state index is -1.04. The van der Waals surface area contributed by atoms with Gasteiger partial charge in [0.15, 0.2) is 0 Å². The molecule has 0 aromatic heterocycles. The summed E-state index contributed by atoms with van der Waals surface area (Å²) in [5.74, 6) is -1.93. The fraction of sp³-hybridized carbons (Fsp3) is 0.880. The van der Waals surface area contributed by atoms with Crippen molar-refractivity contribution in [2.75, 3.05) is 13.2 Å². The van der Waals surface area contributed by atoms with Crippen molar-refractivity contribution in [1.82, 2.24) is 15.5 Å². The lowest BCUT2D eigenvalue weighted by Crippen LogP contribution is -2.59. The topological polar surface area (TPSA) is 108 Å². The molecule has 4 aliphatic rings. The fourth-order valence-electron chi connectivity index (χ4n) is 7.07. The number of nitrogens with one attached hydrogen (secondary N) is 2. The maximum atomic E-state index is 14.0. The molecule has 3 unspecified atom stereocenters. The van der Waals surface area contributed by atoms with Gasteiger partial charge in [-0.15, -0.1) is 0 Å². The summed E-state index contributed by atoms with van der Waals surface area (Å²) in [5, 5.41) is 16.3. The zero-order valence-corrected chi connectivity index (χ0v) is 20.6. The van der Waals surface area contributed by atoms with Crippen molar-refractivity contribution in [3.8, 4) is 0 Å².